The number of nitrogens with zero attached hydrogens (tertiary/aromatic N) is 2. The van der Waals surface area contributed by atoms with E-state index in [1.54, 1.807) is 11.7 Å². The first kappa shape index (κ1) is 21.2. The van der Waals surface area contributed by atoms with Gasteiger partial charge in [-0.2, -0.15) is 0 Å². The number of H-pyrrole nitrogens is 1. The fourth-order valence-corrected chi connectivity index (χ4v) is 3.55. The van der Waals surface area contributed by atoms with Crippen LogP contribution in [0.2, 0.25) is 0 Å². The number of amides is 1. The third-order valence-corrected chi connectivity index (χ3v) is 5.56. The van der Waals surface area contributed by atoms with Gasteiger partial charge < -0.3 is 10.1 Å². The van der Waals surface area contributed by atoms with Crippen molar-refractivity contribution in [3.05, 3.63) is 40.3 Å². The van der Waals surface area contributed by atoms with Crippen LogP contribution in [0, 0.1) is 0 Å². The number of nitrogens with one attached hydrogen (secondary N) is 2. The van der Waals surface area contributed by atoms with Crippen LogP contribution in [0.15, 0.2) is 34.2 Å². The number of carbonyl (C=O) groups excluding carboxylic acids is 1. The zero-order valence-electron chi connectivity index (χ0n) is 16.3. The molecule has 0 aliphatic rings. The summed E-state index contributed by atoms with van der Waals surface area (Å²) in [7, 11) is 1.62. The Morgan fingerprint density at radius 1 is 1.37 bits per heavy atom. The molecule has 1 aromatic heterocycles. The SMILES string of the molecule is CCC(C)c1ccccc1NC(=O)C(C)Sc1n[nH]c(=O)n1CCCOC. The molecular formula is C19H28N4O3S. The fourth-order valence-electron chi connectivity index (χ4n) is 2.66. The Hall–Kier alpha value is -2.06. The summed E-state index contributed by atoms with van der Waals surface area (Å²) >= 11 is 1.26. The van der Waals surface area contributed by atoms with Gasteiger partial charge in [-0.25, -0.2) is 9.89 Å². The standard InChI is InChI=1S/C19H28N4O3S/c1-5-13(2)15-9-6-7-10-16(15)20-17(24)14(3)27-19-22-21-18(25)23(19)11-8-12-26-4/h6-7,9-10,13-14H,5,8,11-12H2,1-4H3,(H,20,24)(H,21,25). The van der Waals surface area contributed by atoms with Gasteiger partial charge in [-0.05, 0) is 37.3 Å². The topological polar surface area (TPSA) is 89.0 Å². The van der Waals surface area contributed by atoms with Crippen molar-refractivity contribution in [3.63, 3.8) is 0 Å². The van der Waals surface area contributed by atoms with Gasteiger partial charge in [0.25, 0.3) is 0 Å². The van der Waals surface area contributed by atoms with Crippen molar-refractivity contribution in [2.75, 3.05) is 19.0 Å². The van der Waals surface area contributed by atoms with Crippen molar-refractivity contribution in [1.29, 1.82) is 0 Å². The van der Waals surface area contributed by atoms with E-state index in [-0.39, 0.29) is 11.6 Å². The molecule has 1 heterocycles. The van der Waals surface area contributed by atoms with E-state index in [4.69, 9.17) is 4.74 Å². The van der Waals surface area contributed by atoms with Crippen LogP contribution in [0.3, 0.4) is 0 Å². The molecule has 0 saturated heterocycles. The van der Waals surface area contributed by atoms with E-state index in [0.29, 0.717) is 30.6 Å². The van der Waals surface area contributed by atoms with Gasteiger partial charge in [0.05, 0.1) is 5.25 Å². The predicted molar refractivity (Wildman–Crippen MR) is 108 cm³/mol. The zero-order chi connectivity index (χ0) is 19.8. The molecule has 2 N–H and O–H groups in total. The highest BCUT2D eigenvalue weighted by molar-refractivity contribution is 8.00. The summed E-state index contributed by atoms with van der Waals surface area (Å²) in [6.07, 6.45) is 1.70. The Morgan fingerprint density at radius 3 is 2.81 bits per heavy atom. The number of benzene rings is 1. The third kappa shape index (κ3) is 5.71. The molecule has 8 heteroatoms. The molecular weight excluding hydrogens is 364 g/mol. The number of hydrogen-bond acceptors (Lipinski definition) is 5. The molecule has 2 atom stereocenters. The van der Waals surface area contributed by atoms with Crippen LogP contribution in [0.4, 0.5) is 5.69 Å². The van der Waals surface area contributed by atoms with E-state index < -0.39 is 5.25 Å². The van der Waals surface area contributed by atoms with Crippen LogP contribution in [0.1, 0.15) is 45.1 Å². The Bertz CT molecular complexity index is 802. The summed E-state index contributed by atoms with van der Waals surface area (Å²) in [5, 5.41) is 9.64. The molecule has 2 rings (SSSR count). The van der Waals surface area contributed by atoms with Gasteiger partial charge in [-0.3, -0.25) is 9.36 Å². The minimum absolute atomic E-state index is 0.116. The second kappa shape index (κ2) is 10.3. The molecule has 0 aliphatic heterocycles. The summed E-state index contributed by atoms with van der Waals surface area (Å²) in [5.41, 5.74) is 1.69. The van der Waals surface area contributed by atoms with E-state index in [9.17, 15) is 9.59 Å². The third-order valence-electron chi connectivity index (χ3n) is 4.47. The highest BCUT2D eigenvalue weighted by Crippen LogP contribution is 2.28. The number of ether oxygens (including phenoxy) is 1. The number of carbonyl (C=O) groups is 1. The number of thioether (sulfide) groups is 1. The van der Waals surface area contributed by atoms with E-state index >= 15 is 0 Å². The van der Waals surface area contributed by atoms with Gasteiger partial charge in [0.15, 0.2) is 5.16 Å². The number of aromatic nitrogens is 3. The molecule has 0 saturated carbocycles. The fraction of sp³-hybridized carbons (Fsp3) is 0.526. The van der Waals surface area contributed by atoms with Gasteiger partial charge in [0.2, 0.25) is 5.91 Å². The lowest BCUT2D eigenvalue weighted by Crippen LogP contribution is -2.24. The van der Waals surface area contributed by atoms with Crippen LogP contribution in [-0.4, -0.2) is 39.6 Å². The maximum atomic E-state index is 12.7. The Labute approximate surface area is 163 Å². The lowest BCUT2D eigenvalue weighted by Gasteiger charge is -2.17. The Kier molecular flexibility index (Phi) is 8.12. The molecule has 0 fully saturated rings. The van der Waals surface area contributed by atoms with Gasteiger partial charge in [0.1, 0.15) is 0 Å². The molecule has 0 aliphatic carbocycles. The summed E-state index contributed by atoms with van der Waals surface area (Å²) in [6, 6.07) is 7.87. The van der Waals surface area contributed by atoms with Gasteiger partial charge in [0, 0.05) is 25.9 Å². The van der Waals surface area contributed by atoms with Crippen LogP contribution in [0.25, 0.3) is 0 Å². The average Bonchev–Trinajstić information content (AvgIpc) is 3.01. The van der Waals surface area contributed by atoms with Crippen molar-refractivity contribution in [2.45, 2.75) is 56.5 Å². The minimum atomic E-state index is -0.397. The number of aromatic amines is 1. The van der Waals surface area contributed by atoms with Gasteiger partial charge >= 0.3 is 5.69 Å². The van der Waals surface area contributed by atoms with Crippen LogP contribution >= 0.6 is 11.8 Å². The molecule has 27 heavy (non-hydrogen) atoms. The molecule has 0 bridgehead atoms. The second-order valence-corrected chi connectivity index (χ2v) is 7.76. The first-order valence-corrected chi connectivity index (χ1v) is 10.1. The minimum Gasteiger partial charge on any atom is -0.385 e. The molecule has 2 aromatic rings. The smallest absolute Gasteiger partial charge is 0.343 e. The molecule has 0 spiro atoms. The van der Waals surface area contributed by atoms with E-state index in [2.05, 4.69) is 29.4 Å². The number of hydrogen-bond donors (Lipinski definition) is 2. The maximum absolute atomic E-state index is 12.7. The lowest BCUT2D eigenvalue weighted by atomic mass is 9.97. The molecule has 7 nitrogen and oxygen atoms in total. The van der Waals surface area contributed by atoms with Crippen molar-refractivity contribution < 1.29 is 9.53 Å². The first-order valence-electron chi connectivity index (χ1n) is 9.18. The maximum Gasteiger partial charge on any atom is 0.343 e. The number of anilines is 1. The highest BCUT2D eigenvalue weighted by atomic mass is 32.2. The first-order chi connectivity index (χ1) is 13.0. The number of rotatable bonds is 10. The van der Waals surface area contributed by atoms with E-state index in [1.165, 1.54) is 11.8 Å². The quantitative estimate of drug-likeness (QED) is 0.479. The summed E-state index contributed by atoms with van der Waals surface area (Å²) < 4.78 is 6.57. The molecule has 1 aromatic carbocycles. The molecule has 1 amide bonds. The van der Waals surface area contributed by atoms with Gasteiger partial charge in [-0.1, -0.05) is 43.8 Å². The van der Waals surface area contributed by atoms with Crippen molar-refractivity contribution in [3.8, 4) is 0 Å². The predicted octanol–water partition coefficient (Wildman–Crippen LogP) is 3.24. The zero-order valence-corrected chi connectivity index (χ0v) is 17.1. The van der Waals surface area contributed by atoms with Crippen LogP contribution in [-0.2, 0) is 16.1 Å². The van der Waals surface area contributed by atoms with Crippen LogP contribution in [0.5, 0.6) is 0 Å². The monoisotopic (exact) mass is 392 g/mol. The molecule has 148 valence electrons. The van der Waals surface area contributed by atoms with E-state index in [0.717, 1.165) is 17.7 Å². The average molecular weight is 393 g/mol. The van der Waals surface area contributed by atoms with Crippen molar-refractivity contribution in [2.24, 2.45) is 0 Å². The highest BCUT2D eigenvalue weighted by Gasteiger charge is 2.20. The lowest BCUT2D eigenvalue weighted by molar-refractivity contribution is -0.115. The molecule has 0 radical (unpaired) electrons. The number of methoxy groups -OCH3 is 1. The Morgan fingerprint density at radius 2 is 2.11 bits per heavy atom. The summed E-state index contributed by atoms with van der Waals surface area (Å²) in [6.45, 7) is 7.14. The largest absolute Gasteiger partial charge is 0.385 e. The van der Waals surface area contributed by atoms with Gasteiger partial charge in [-0.15, -0.1) is 5.10 Å². The Balaban J connectivity index is 2.06. The van der Waals surface area contributed by atoms with Crippen molar-refractivity contribution >= 4 is 23.4 Å². The summed E-state index contributed by atoms with van der Waals surface area (Å²) in [4.78, 5) is 24.6. The molecule has 2 unspecified atom stereocenters. The van der Waals surface area contributed by atoms with Crippen LogP contribution < -0.4 is 11.0 Å². The second-order valence-electron chi connectivity index (χ2n) is 6.46. The number of para-hydroxylation sites is 1. The summed E-state index contributed by atoms with van der Waals surface area (Å²) in [5.74, 6) is 0.247. The van der Waals surface area contributed by atoms with Crippen molar-refractivity contribution in [1.82, 2.24) is 14.8 Å². The van der Waals surface area contributed by atoms with E-state index in [1.807, 2.05) is 31.2 Å². The normalized spacial score (nSPS) is 13.3.